The molecule has 86 valence electrons. The standard InChI is InChI=1S/C13H17NO2/c1-10-5-3-6-11(9-10)14-8-4-7-12(14)13(15)16-2/h3,5-6,9,12H,4,7-8H2,1-2H3/t12-/m1/s1. The number of benzene rings is 1. The van der Waals surface area contributed by atoms with Crippen molar-refractivity contribution >= 4 is 11.7 Å². The highest BCUT2D eigenvalue weighted by atomic mass is 16.5. The fourth-order valence-corrected chi connectivity index (χ4v) is 2.26. The zero-order valence-electron chi connectivity index (χ0n) is 9.77. The van der Waals surface area contributed by atoms with Gasteiger partial charge < -0.3 is 9.64 Å². The number of carbonyl (C=O) groups is 1. The molecule has 0 saturated carbocycles. The molecule has 1 aromatic carbocycles. The molecule has 3 heteroatoms. The molecule has 3 nitrogen and oxygen atoms in total. The molecule has 16 heavy (non-hydrogen) atoms. The van der Waals surface area contributed by atoms with Gasteiger partial charge in [0.25, 0.3) is 0 Å². The largest absolute Gasteiger partial charge is 0.467 e. The van der Waals surface area contributed by atoms with Gasteiger partial charge in [-0.1, -0.05) is 12.1 Å². The predicted octanol–water partition coefficient (Wildman–Crippen LogP) is 2.14. The van der Waals surface area contributed by atoms with Crippen LogP contribution in [0.3, 0.4) is 0 Å². The van der Waals surface area contributed by atoms with Crippen LogP contribution in [0.4, 0.5) is 5.69 Å². The summed E-state index contributed by atoms with van der Waals surface area (Å²) < 4.78 is 4.84. The van der Waals surface area contributed by atoms with Crippen LogP contribution in [0, 0.1) is 6.92 Å². The highest BCUT2D eigenvalue weighted by Gasteiger charge is 2.31. The molecule has 0 N–H and O–H groups in total. The summed E-state index contributed by atoms with van der Waals surface area (Å²) in [6, 6.07) is 8.14. The number of esters is 1. The summed E-state index contributed by atoms with van der Waals surface area (Å²) in [6.45, 7) is 3.00. The Morgan fingerprint density at radius 3 is 3.00 bits per heavy atom. The van der Waals surface area contributed by atoms with E-state index in [0.717, 1.165) is 25.1 Å². The van der Waals surface area contributed by atoms with E-state index in [4.69, 9.17) is 4.74 Å². The third-order valence-electron chi connectivity index (χ3n) is 3.06. The summed E-state index contributed by atoms with van der Waals surface area (Å²) in [5, 5.41) is 0. The number of nitrogens with zero attached hydrogens (tertiary/aromatic N) is 1. The minimum Gasteiger partial charge on any atom is -0.467 e. The molecular weight excluding hydrogens is 202 g/mol. The molecule has 2 rings (SSSR count). The highest BCUT2D eigenvalue weighted by molar-refractivity contribution is 5.80. The third kappa shape index (κ3) is 2.03. The van der Waals surface area contributed by atoms with Crippen molar-refractivity contribution in [1.82, 2.24) is 0 Å². The molecule has 0 unspecified atom stereocenters. The number of hydrogen-bond acceptors (Lipinski definition) is 3. The Morgan fingerprint density at radius 1 is 1.50 bits per heavy atom. The number of rotatable bonds is 2. The smallest absolute Gasteiger partial charge is 0.328 e. The first kappa shape index (κ1) is 11.0. The summed E-state index contributed by atoms with van der Waals surface area (Å²) in [6.07, 6.45) is 1.94. The lowest BCUT2D eigenvalue weighted by atomic mass is 10.2. The van der Waals surface area contributed by atoms with E-state index < -0.39 is 0 Å². The lowest BCUT2D eigenvalue weighted by molar-refractivity contribution is -0.141. The Hall–Kier alpha value is -1.51. The van der Waals surface area contributed by atoms with Crippen molar-refractivity contribution in [3.05, 3.63) is 29.8 Å². The lowest BCUT2D eigenvalue weighted by Crippen LogP contribution is -2.36. The highest BCUT2D eigenvalue weighted by Crippen LogP contribution is 2.26. The van der Waals surface area contributed by atoms with Crippen LogP contribution in [0.1, 0.15) is 18.4 Å². The Labute approximate surface area is 96.0 Å². The molecule has 1 atom stereocenters. The van der Waals surface area contributed by atoms with Gasteiger partial charge in [0.05, 0.1) is 7.11 Å². The maximum Gasteiger partial charge on any atom is 0.328 e. The van der Waals surface area contributed by atoms with Crippen molar-refractivity contribution in [2.24, 2.45) is 0 Å². The van der Waals surface area contributed by atoms with Crippen molar-refractivity contribution in [2.75, 3.05) is 18.6 Å². The summed E-state index contributed by atoms with van der Waals surface area (Å²) in [4.78, 5) is 13.8. The maximum atomic E-state index is 11.6. The van der Waals surface area contributed by atoms with Crippen LogP contribution >= 0.6 is 0 Å². The van der Waals surface area contributed by atoms with Gasteiger partial charge in [-0.2, -0.15) is 0 Å². The van der Waals surface area contributed by atoms with Gasteiger partial charge in [0.15, 0.2) is 0 Å². The monoisotopic (exact) mass is 219 g/mol. The molecule has 1 aliphatic rings. The molecule has 0 amide bonds. The van der Waals surface area contributed by atoms with Crippen LogP contribution < -0.4 is 4.90 Å². The van der Waals surface area contributed by atoms with E-state index in [1.54, 1.807) is 0 Å². The van der Waals surface area contributed by atoms with E-state index in [1.165, 1.54) is 12.7 Å². The van der Waals surface area contributed by atoms with Crippen molar-refractivity contribution in [3.63, 3.8) is 0 Å². The van der Waals surface area contributed by atoms with Crippen molar-refractivity contribution in [2.45, 2.75) is 25.8 Å². The summed E-state index contributed by atoms with van der Waals surface area (Å²) >= 11 is 0. The van der Waals surface area contributed by atoms with E-state index in [9.17, 15) is 4.79 Å². The number of aryl methyl sites for hydroxylation is 1. The normalized spacial score (nSPS) is 19.9. The number of methoxy groups -OCH3 is 1. The molecule has 0 radical (unpaired) electrons. The second-order valence-corrected chi connectivity index (χ2v) is 4.21. The molecule has 0 spiro atoms. The lowest BCUT2D eigenvalue weighted by Gasteiger charge is -2.25. The van der Waals surface area contributed by atoms with Crippen LogP contribution in [0.25, 0.3) is 0 Å². The number of carbonyl (C=O) groups excluding carboxylic acids is 1. The average Bonchev–Trinajstić information content (AvgIpc) is 2.77. The van der Waals surface area contributed by atoms with E-state index >= 15 is 0 Å². The van der Waals surface area contributed by atoms with Gasteiger partial charge >= 0.3 is 5.97 Å². The topological polar surface area (TPSA) is 29.5 Å². The van der Waals surface area contributed by atoms with Crippen molar-refractivity contribution in [3.8, 4) is 0 Å². The molecule has 1 fully saturated rings. The molecule has 1 aromatic rings. The Kier molecular flexibility index (Phi) is 3.13. The van der Waals surface area contributed by atoms with Crippen LogP contribution in [-0.2, 0) is 9.53 Å². The van der Waals surface area contributed by atoms with E-state index in [0.29, 0.717) is 0 Å². The number of ether oxygens (including phenoxy) is 1. The van der Waals surface area contributed by atoms with E-state index in [-0.39, 0.29) is 12.0 Å². The second-order valence-electron chi connectivity index (χ2n) is 4.21. The Balaban J connectivity index is 2.23. The summed E-state index contributed by atoms with van der Waals surface area (Å²) in [7, 11) is 1.45. The van der Waals surface area contributed by atoms with Gasteiger partial charge in [-0.05, 0) is 37.5 Å². The quantitative estimate of drug-likeness (QED) is 0.714. The minimum absolute atomic E-state index is 0.105. The van der Waals surface area contributed by atoms with Crippen LogP contribution in [-0.4, -0.2) is 25.7 Å². The van der Waals surface area contributed by atoms with Gasteiger partial charge in [0.2, 0.25) is 0 Å². The van der Waals surface area contributed by atoms with Gasteiger partial charge in [0, 0.05) is 12.2 Å². The van der Waals surface area contributed by atoms with Gasteiger partial charge in [-0.25, -0.2) is 4.79 Å². The molecule has 1 saturated heterocycles. The van der Waals surface area contributed by atoms with Gasteiger partial charge in [-0.3, -0.25) is 0 Å². The molecule has 0 bridgehead atoms. The number of hydrogen-bond donors (Lipinski definition) is 0. The average molecular weight is 219 g/mol. The molecule has 0 aliphatic carbocycles. The summed E-state index contributed by atoms with van der Waals surface area (Å²) in [5.74, 6) is -0.126. The van der Waals surface area contributed by atoms with Crippen LogP contribution in [0.2, 0.25) is 0 Å². The zero-order chi connectivity index (χ0) is 11.5. The zero-order valence-corrected chi connectivity index (χ0v) is 9.77. The van der Waals surface area contributed by atoms with E-state index in [1.807, 2.05) is 12.1 Å². The minimum atomic E-state index is -0.126. The maximum absolute atomic E-state index is 11.6. The number of anilines is 1. The van der Waals surface area contributed by atoms with Crippen molar-refractivity contribution < 1.29 is 9.53 Å². The summed E-state index contributed by atoms with van der Waals surface area (Å²) in [5.41, 5.74) is 2.33. The predicted molar refractivity (Wildman–Crippen MR) is 63.6 cm³/mol. The van der Waals surface area contributed by atoms with Gasteiger partial charge in [-0.15, -0.1) is 0 Å². The molecular formula is C13H17NO2. The van der Waals surface area contributed by atoms with Crippen LogP contribution in [0.5, 0.6) is 0 Å². The molecule has 1 aliphatic heterocycles. The van der Waals surface area contributed by atoms with Crippen molar-refractivity contribution in [1.29, 1.82) is 0 Å². The first-order valence-electron chi connectivity index (χ1n) is 5.63. The first-order chi connectivity index (χ1) is 7.72. The van der Waals surface area contributed by atoms with Crippen LogP contribution in [0.15, 0.2) is 24.3 Å². The molecule has 1 heterocycles. The Morgan fingerprint density at radius 2 is 2.31 bits per heavy atom. The Bertz CT molecular complexity index is 389. The fourth-order valence-electron chi connectivity index (χ4n) is 2.26. The SMILES string of the molecule is COC(=O)[C@H]1CCCN1c1cccc(C)c1. The first-order valence-corrected chi connectivity index (χ1v) is 5.63. The molecule has 0 aromatic heterocycles. The van der Waals surface area contributed by atoms with E-state index in [2.05, 4.69) is 24.0 Å². The van der Waals surface area contributed by atoms with Gasteiger partial charge in [0.1, 0.15) is 6.04 Å². The fraction of sp³-hybridized carbons (Fsp3) is 0.462. The second kappa shape index (κ2) is 4.56. The third-order valence-corrected chi connectivity index (χ3v) is 3.06.